The Morgan fingerprint density at radius 3 is 2.68 bits per heavy atom. The van der Waals surface area contributed by atoms with Crippen LogP contribution in [0.2, 0.25) is 5.02 Å². The molecule has 0 aliphatic carbocycles. The van der Waals surface area contributed by atoms with Crippen molar-refractivity contribution in [2.45, 2.75) is 39.2 Å². The molecular weight excluding hydrogens is 414 g/mol. The van der Waals surface area contributed by atoms with Crippen LogP contribution < -0.4 is 5.32 Å². The minimum Gasteiger partial charge on any atom is -0.340 e. The number of likely N-dealkylation sites (N-methyl/N-ethyl adjacent to an activating group) is 2. The number of halogens is 1. The summed E-state index contributed by atoms with van der Waals surface area (Å²) in [5.74, 6) is -0.162. The number of aromatic nitrogens is 2. The molecule has 1 aliphatic rings. The van der Waals surface area contributed by atoms with Gasteiger partial charge in [0.25, 0.3) is 5.91 Å². The van der Waals surface area contributed by atoms with E-state index in [9.17, 15) is 9.59 Å². The van der Waals surface area contributed by atoms with Gasteiger partial charge in [0.1, 0.15) is 12.2 Å². The zero-order valence-electron chi connectivity index (χ0n) is 18.6. The normalized spacial score (nSPS) is 15.8. The highest BCUT2D eigenvalue weighted by molar-refractivity contribution is 6.30. The van der Waals surface area contributed by atoms with Crippen molar-refractivity contribution in [3.8, 4) is 11.3 Å². The second-order valence-corrected chi connectivity index (χ2v) is 8.36. The highest BCUT2D eigenvalue weighted by Crippen LogP contribution is 2.29. The monoisotopic (exact) mass is 445 g/mol. The van der Waals surface area contributed by atoms with Crippen LogP contribution in [0, 0.1) is 0 Å². The fourth-order valence-corrected chi connectivity index (χ4v) is 4.06. The lowest BCUT2D eigenvalue weighted by atomic mass is 10.1. The number of nitrogens with one attached hydrogen (secondary N) is 1. The van der Waals surface area contributed by atoms with Crippen LogP contribution in [0.15, 0.2) is 30.3 Å². The SMILES string of the molecule is CCCCC1CN(CC(=O)N(CC)CCNC)C(=O)c2cc(-c3ccc(Cl)cc3)nn21. The number of carbonyl (C=O) groups excluding carboxylic acids is 2. The number of nitrogens with zero attached hydrogens (tertiary/aromatic N) is 4. The number of rotatable bonds is 10. The first-order chi connectivity index (χ1) is 15.0. The summed E-state index contributed by atoms with van der Waals surface area (Å²) in [6.45, 7) is 6.70. The van der Waals surface area contributed by atoms with Gasteiger partial charge in [0, 0.05) is 36.8 Å². The first kappa shape index (κ1) is 23.3. The van der Waals surface area contributed by atoms with E-state index in [1.54, 1.807) is 9.80 Å². The van der Waals surface area contributed by atoms with Gasteiger partial charge in [0.2, 0.25) is 5.91 Å². The molecule has 0 saturated carbocycles. The van der Waals surface area contributed by atoms with Gasteiger partial charge in [-0.2, -0.15) is 5.10 Å². The number of hydrogen-bond donors (Lipinski definition) is 1. The fraction of sp³-hybridized carbons (Fsp3) is 0.522. The van der Waals surface area contributed by atoms with Crippen molar-refractivity contribution in [2.75, 3.05) is 39.8 Å². The highest BCUT2D eigenvalue weighted by atomic mass is 35.5. The second kappa shape index (κ2) is 10.8. The quantitative estimate of drug-likeness (QED) is 0.608. The number of hydrogen-bond acceptors (Lipinski definition) is 4. The molecule has 0 saturated heterocycles. The molecular formula is C23H32ClN5O2. The Morgan fingerprint density at radius 1 is 1.29 bits per heavy atom. The summed E-state index contributed by atoms with van der Waals surface area (Å²) in [5, 5.41) is 8.49. The molecule has 1 atom stereocenters. The van der Waals surface area contributed by atoms with Crippen molar-refractivity contribution in [2.24, 2.45) is 0 Å². The minimum absolute atomic E-state index is 0.0220. The fourth-order valence-electron chi connectivity index (χ4n) is 3.93. The van der Waals surface area contributed by atoms with Crippen molar-refractivity contribution in [3.63, 3.8) is 0 Å². The molecule has 0 spiro atoms. The van der Waals surface area contributed by atoms with Gasteiger partial charge in [0.05, 0.1) is 11.7 Å². The lowest BCUT2D eigenvalue weighted by Gasteiger charge is -2.34. The molecule has 0 bridgehead atoms. The van der Waals surface area contributed by atoms with Crippen molar-refractivity contribution in [3.05, 3.63) is 41.0 Å². The summed E-state index contributed by atoms with van der Waals surface area (Å²) >= 11 is 6.01. The van der Waals surface area contributed by atoms with E-state index in [1.165, 1.54) is 0 Å². The van der Waals surface area contributed by atoms with Crippen LogP contribution in [0.25, 0.3) is 11.3 Å². The number of fused-ring (bicyclic) bond motifs is 1. The molecule has 31 heavy (non-hydrogen) atoms. The molecule has 168 valence electrons. The minimum atomic E-state index is -0.140. The van der Waals surface area contributed by atoms with E-state index >= 15 is 0 Å². The van der Waals surface area contributed by atoms with E-state index < -0.39 is 0 Å². The van der Waals surface area contributed by atoms with Gasteiger partial charge in [-0.15, -0.1) is 0 Å². The lowest BCUT2D eigenvalue weighted by Crippen LogP contribution is -2.49. The van der Waals surface area contributed by atoms with Crippen LogP contribution in [0.4, 0.5) is 0 Å². The Morgan fingerprint density at radius 2 is 2.03 bits per heavy atom. The molecule has 0 radical (unpaired) electrons. The van der Waals surface area contributed by atoms with Gasteiger partial charge >= 0.3 is 0 Å². The smallest absolute Gasteiger partial charge is 0.272 e. The van der Waals surface area contributed by atoms with E-state index in [4.69, 9.17) is 16.7 Å². The third-order valence-electron chi connectivity index (χ3n) is 5.74. The zero-order valence-corrected chi connectivity index (χ0v) is 19.4. The Hall–Kier alpha value is -2.38. The average molecular weight is 446 g/mol. The van der Waals surface area contributed by atoms with Crippen LogP contribution in [-0.4, -0.2) is 71.2 Å². The summed E-state index contributed by atoms with van der Waals surface area (Å²) in [6, 6.07) is 9.35. The van der Waals surface area contributed by atoms with Gasteiger partial charge in [0.15, 0.2) is 0 Å². The van der Waals surface area contributed by atoms with Crippen molar-refractivity contribution >= 4 is 23.4 Å². The third-order valence-corrected chi connectivity index (χ3v) is 5.99. The maximum absolute atomic E-state index is 13.3. The van der Waals surface area contributed by atoms with Crippen molar-refractivity contribution < 1.29 is 9.59 Å². The molecule has 2 amide bonds. The molecule has 1 N–H and O–H groups in total. The Bertz CT molecular complexity index is 896. The van der Waals surface area contributed by atoms with Gasteiger partial charge in [-0.3, -0.25) is 14.3 Å². The zero-order chi connectivity index (χ0) is 22.4. The number of unbranched alkanes of at least 4 members (excludes halogenated alkanes) is 1. The predicted octanol–water partition coefficient (Wildman–Crippen LogP) is 3.46. The van der Waals surface area contributed by atoms with Crippen molar-refractivity contribution in [1.82, 2.24) is 24.9 Å². The number of carbonyl (C=O) groups is 2. The Kier molecular flexibility index (Phi) is 8.09. The first-order valence-corrected chi connectivity index (χ1v) is 11.4. The average Bonchev–Trinajstić information content (AvgIpc) is 3.22. The van der Waals surface area contributed by atoms with Crippen LogP contribution in [0.1, 0.15) is 49.6 Å². The maximum Gasteiger partial charge on any atom is 0.272 e. The largest absolute Gasteiger partial charge is 0.340 e. The molecule has 2 heterocycles. The van der Waals surface area contributed by atoms with Gasteiger partial charge in [-0.1, -0.05) is 43.5 Å². The van der Waals surface area contributed by atoms with Crippen LogP contribution in [-0.2, 0) is 4.79 Å². The maximum atomic E-state index is 13.3. The molecule has 1 aromatic heterocycles. The summed E-state index contributed by atoms with van der Waals surface area (Å²) < 4.78 is 1.86. The number of benzene rings is 1. The molecule has 1 aliphatic heterocycles. The molecule has 0 fully saturated rings. The van der Waals surface area contributed by atoms with Gasteiger partial charge in [-0.05, 0) is 38.6 Å². The van der Waals surface area contributed by atoms with Crippen LogP contribution >= 0.6 is 11.6 Å². The van der Waals surface area contributed by atoms with E-state index in [2.05, 4.69) is 12.2 Å². The highest BCUT2D eigenvalue weighted by Gasteiger charge is 2.34. The Balaban J connectivity index is 1.85. The molecule has 8 heteroatoms. The summed E-state index contributed by atoms with van der Waals surface area (Å²) in [5.41, 5.74) is 2.21. The van der Waals surface area contributed by atoms with Crippen LogP contribution in [0.5, 0.6) is 0 Å². The first-order valence-electron chi connectivity index (χ1n) is 11.1. The summed E-state index contributed by atoms with van der Waals surface area (Å²) in [7, 11) is 1.87. The van der Waals surface area contributed by atoms with E-state index in [1.807, 2.05) is 49.0 Å². The van der Waals surface area contributed by atoms with Crippen LogP contribution in [0.3, 0.4) is 0 Å². The number of amides is 2. The molecule has 7 nitrogen and oxygen atoms in total. The summed E-state index contributed by atoms with van der Waals surface area (Å²) in [4.78, 5) is 29.6. The van der Waals surface area contributed by atoms with E-state index in [0.29, 0.717) is 30.4 Å². The summed E-state index contributed by atoms with van der Waals surface area (Å²) in [6.07, 6.45) is 3.03. The lowest BCUT2D eigenvalue weighted by molar-refractivity contribution is -0.131. The standard InChI is InChI=1S/C23H32ClN5O2/c1-4-6-7-19-15-28(16-22(30)27(5-2)13-12-25-3)23(31)21-14-20(26-29(19)21)17-8-10-18(24)11-9-17/h8-11,14,19,25H,4-7,12-13,15-16H2,1-3H3. The third kappa shape index (κ3) is 5.46. The molecule has 2 aromatic rings. The van der Waals surface area contributed by atoms with E-state index in [-0.39, 0.29) is 24.4 Å². The van der Waals surface area contributed by atoms with Gasteiger partial charge in [-0.25, -0.2) is 0 Å². The Labute approximate surface area is 189 Å². The van der Waals surface area contributed by atoms with Gasteiger partial charge < -0.3 is 15.1 Å². The van der Waals surface area contributed by atoms with Crippen molar-refractivity contribution in [1.29, 1.82) is 0 Å². The molecule has 3 rings (SSSR count). The molecule has 1 unspecified atom stereocenters. The second-order valence-electron chi connectivity index (χ2n) is 7.92. The molecule has 1 aromatic carbocycles. The predicted molar refractivity (Wildman–Crippen MR) is 123 cm³/mol. The van der Waals surface area contributed by atoms with E-state index in [0.717, 1.165) is 37.1 Å². The topological polar surface area (TPSA) is 70.5 Å².